The standard InChI is InChI=1S/C30H64BrP/c1-5-9-13-17-21-25-29-32(31,27-23-19-15-11-7-3,28-24-20-16-12-8-4)30-26-22-18-14-10-6-2/h5-30H2,1-4H3. The van der Waals surface area contributed by atoms with Crippen molar-refractivity contribution in [2.45, 2.75) is 169 Å². The van der Waals surface area contributed by atoms with Crippen molar-refractivity contribution >= 4 is 20.8 Å². The molecular formula is C30H64BrP. The molecule has 0 aliphatic rings. The van der Waals surface area contributed by atoms with Crippen molar-refractivity contribution in [3.05, 3.63) is 0 Å². The number of unbranched alkanes of at least 4 members (excludes halogenated alkanes) is 18. The summed E-state index contributed by atoms with van der Waals surface area (Å²) in [5.74, 6) is 0. The monoisotopic (exact) mass is 534 g/mol. The molecule has 0 fully saturated rings. The first kappa shape index (κ1) is 32.9. The average molecular weight is 536 g/mol. The molecule has 0 bridgehead atoms. The van der Waals surface area contributed by atoms with Crippen LogP contribution in [0, 0.1) is 0 Å². The van der Waals surface area contributed by atoms with Crippen LogP contribution >= 0.6 is 20.8 Å². The summed E-state index contributed by atoms with van der Waals surface area (Å²) in [6.45, 7) is 9.36. The predicted molar refractivity (Wildman–Crippen MR) is 160 cm³/mol. The minimum absolute atomic E-state index is 1.37. The topological polar surface area (TPSA) is 0 Å². The van der Waals surface area contributed by atoms with Crippen molar-refractivity contribution in [1.29, 1.82) is 0 Å². The summed E-state index contributed by atoms with van der Waals surface area (Å²) in [6, 6.07) is 0. The Kier molecular flexibility index (Phi) is 23.0. The van der Waals surface area contributed by atoms with Gasteiger partial charge in [-0.05, 0) is 0 Å². The van der Waals surface area contributed by atoms with Crippen LogP contribution in [0.1, 0.15) is 169 Å². The molecule has 0 radical (unpaired) electrons. The summed E-state index contributed by atoms with van der Waals surface area (Å²) in [5.41, 5.74) is 0. The van der Waals surface area contributed by atoms with Crippen molar-refractivity contribution in [2.75, 3.05) is 24.6 Å². The van der Waals surface area contributed by atoms with Gasteiger partial charge in [0.15, 0.2) is 0 Å². The molecule has 0 aromatic heterocycles. The molecule has 0 amide bonds. The van der Waals surface area contributed by atoms with Crippen molar-refractivity contribution in [3.8, 4) is 0 Å². The van der Waals surface area contributed by atoms with E-state index in [4.69, 9.17) is 15.5 Å². The average Bonchev–Trinajstić information content (AvgIpc) is 2.79. The van der Waals surface area contributed by atoms with Gasteiger partial charge in [0.05, 0.1) is 0 Å². The van der Waals surface area contributed by atoms with E-state index in [0.717, 1.165) is 0 Å². The normalized spacial score (nSPS) is 13.3. The van der Waals surface area contributed by atoms with E-state index in [1.807, 2.05) is 0 Å². The van der Waals surface area contributed by atoms with Crippen LogP contribution in [0.3, 0.4) is 0 Å². The molecule has 0 nitrogen and oxygen atoms in total. The van der Waals surface area contributed by atoms with Crippen molar-refractivity contribution in [2.24, 2.45) is 0 Å². The van der Waals surface area contributed by atoms with Crippen LogP contribution in [0.5, 0.6) is 0 Å². The molecule has 0 spiro atoms. The number of rotatable bonds is 26. The Hall–Kier alpha value is 0.910. The van der Waals surface area contributed by atoms with Gasteiger partial charge in [0, 0.05) is 0 Å². The maximum atomic E-state index is 4.73. The van der Waals surface area contributed by atoms with Crippen molar-refractivity contribution in [1.82, 2.24) is 0 Å². The van der Waals surface area contributed by atoms with E-state index >= 15 is 0 Å². The van der Waals surface area contributed by atoms with Gasteiger partial charge in [0.25, 0.3) is 0 Å². The second kappa shape index (κ2) is 22.4. The Morgan fingerprint density at radius 1 is 0.312 bits per heavy atom. The Morgan fingerprint density at radius 3 is 0.719 bits per heavy atom. The molecule has 0 aromatic rings. The molecule has 196 valence electrons. The van der Waals surface area contributed by atoms with Gasteiger partial charge in [-0.3, -0.25) is 0 Å². The molecule has 0 aliphatic carbocycles. The van der Waals surface area contributed by atoms with Crippen LogP contribution in [0.2, 0.25) is 0 Å². The third-order valence-corrected chi connectivity index (χ3v) is 17.8. The summed E-state index contributed by atoms with van der Waals surface area (Å²) in [6.07, 6.45) is 38.0. The molecule has 0 N–H and O–H groups in total. The number of hydrogen-bond donors (Lipinski definition) is 0. The molecule has 0 aliphatic heterocycles. The first-order valence-corrected chi connectivity index (χ1v) is 20.3. The van der Waals surface area contributed by atoms with E-state index in [-0.39, 0.29) is 0 Å². The molecule has 0 saturated carbocycles. The summed E-state index contributed by atoms with van der Waals surface area (Å²) < 4.78 is 0. The third-order valence-electron chi connectivity index (χ3n) is 7.78. The van der Waals surface area contributed by atoms with Crippen LogP contribution in [0.15, 0.2) is 0 Å². The van der Waals surface area contributed by atoms with Crippen LogP contribution in [-0.4, -0.2) is 24.6 Å². The fourth-order valence-corrected chi connectivity index (χ4v) is 13.9. The summed E-state index contributed by atoms with van der Waals surface area (Å²) in [5, 5.41) is -1.74. The Bertz CT molecular complexity index is 347. The van der Waals surface area contributed by atoms with Gasteiger partial charge >= 0.3 is 214 Å². The Labute approximate surface area is 213 Å². The van der Waals surface area contributed by atoms with Gasteiger partial charge in [-0.25, -0.2) is 0 Å². The van der Waals surface area contributed by atoms with Gasteiger partial charge < -0.3 is 0 Å². The van der Waals surface area contributed by atoms with Crippen LogP contribution in [-0.2, 0) is 0 Å². The molecule has 32 heavy (non-hydrogen) atoms. The number of hydrogen-bond acceptors (Lipinski definition) is 0. The summed E-state index contributed by atoms with van der Waals surface area (Å²) >= 11 is 4.73. The zero-order chi connectivity index (χ0) is 23.8. The SMILES string of the molecule is CCCCCCCCP(Br)(CCCCCCC)(CCCCCCC)CCCCCCCC. The fraction of sp³-hybridized carbons (Fsp3) is 1.00. The quantitative estimate of drug-likeness (QED) is 0.0763. The molecule has 0 unspecified atom stereocenters. The van der Waals surface area contributed by atoms with E-state index < -0.39 is 5.31 Å². The van der Waals surface area contributed by atoms with E-state index in [2.05, 4.69) is 27.7 Å². The van der Waals surface area contributed by atoms with Gasteiger partial charge in [0.2, 0.25) is 0 Å². The minimum atomic E-state index is -1.74. The molecule has 0 saturated heterocycles. The summed E-state index contributed by atoms with van der Waals surface area (Å²) in [7, 11) is 0. The van der Waals surface area contributed by atoms with Gasteiger partial charge in [-0.2, -0.15) is 0 Å². The van der Waals surface area contributed by atoms with Crippen molar-refractivity contribution < 1.29 is 0 Å². The third kappa shape index (κ3) is 18.3. The molecule has 0 heterocycles. The van der Waals surface area contributed by atoms with Gasteiger partial charge in [-0.1, -0.05) is 0 Å². The second-order valence-corrected chi connectivity index (χ2v) is 22.5. The number of halogens is 1. The van der Waals surface area contributed by atoms with E-state index in [1.54, 1.807) is 24.6 Å². The van der Waals surface area contributed by atoms with E-state index in [9.17, 15) is 0 Å². The van der Waals surface area contributed by atoms with Crippen LogP contribution in [0.4, 0.5) is 0 Å². The van der Waals surface area contributed by atoms with E-state index in [0.29, 0.717) is 0 Å². The Balaban J connectivity index is 4.98. The van der Waals surface area contributed by atoms with Gasteiger partial charge in [-0.15, -0.1) is 0 Å². The molecular weight excluding hydrogens is 471 g/mol. The first-order valence-electron chi connectivity index (χ1n) is 15.3. The van der Waals surface area contributed by atoms with Crippen molar-refractivity contribution in [3.63, 3.8) is 0 Å². The van der Waals surface area contributed by atoms with Gasteiger partial charge in [0.1, 0.15) is 0 Å². The zero-order valence-electron chi connectivity index (χ0n) is 23.2. The molecule has 0 atom stereocenters. The fourth-order valence-electron chi connectivity index (χ4n) is 5.47. The maximum absolute atomic E-state index is 4.73. The molecule has 0 rings (SSSR count). The predicted octanol–water partition coefficient (Wildman–Crippen LogP) is 12.5. The first-order chi connectivity index (χ1) is 15.5. The van der Waals surface area contributed by atoms with Crippen LogP contribution < -0.4 is 0 Å². The van der Waals surface area contributed by atoms with E-state index in [1.165, 1.54) is 141 Å². The Morgan fingerprint density at radius 2 is 0.500 bits per heavy atom. The molecule has 2 heteroatoms. The van der Waals surface area contributed by atoms with Crippen LogP contribution in [0.25, 0.3) is 0 Å². The zero-order valence-corrected chi connectivity index (χ0v) is 25.7. The summed E-state index contributed by atoms with van der Waals surface area (Å²) in [4.78, 5) is 0. The second-order valence-electron chi connectivity index (χ2n) is 11.1. The molecule has 0 aromatic carbocycles.